The number of rotatable bonds is 5. The summed E-state index contributed by atoms with van der Waals surface area (Å²) in [5.74, 6) is 2.06. The fourth-order valence-corrected chi connectivity index (χ4v) is 3.92. The average Bonchev–Trinajstić information content (AvgIpc) is 3.15. The van der Waals surface area contributed by atoms with Crippen molar-refractivity contribution in [2.45, 2.75) is 43.8 Å². The first kappa shape index (κ1) is 19.8. The van der Waals surface area contributed by atoms with Gasteiger partial charge < -0.3 is 11.1 Å². The average molecular weight is 408 g/mol. The van der Waals surface area contributed by atoms with Crippen molar-refractivity contribution in [2.75, 3.05) is 24.1 Å². The smallest absolute Gasteiger partial charge is 0.368 e. The van der Waals surface area contributed by atoms with E-state index in [-0.39, 0.29) is 11.9 Å². The van der Waals surface area contributed by atoms with Crippen LogP contribution in [0.15, 0.2) is 18.3 Å². The van der Waals surface area contributed by atoms with E-state index in [0.29, 0.717) is 42.4 Å². The Labute approximate surface area is 165 Å². The van der Waals surface area contributed by atoms with Crippen LogP contribution in [0.25, 0.3) is 0 Å². The van der Waals surface area contributed by atoms with Crippen molar-refractivity contribution in [1.82, 2.24) is 30.8 Å². The van der Waals surface area contributed by atoms with Gasteiger partial charge in [0.2, 0.25) is 11.9 Å². The topological polar surface area (TPSA) is 114 Å². The standard InChI is InChI=1S/C18H23F3N8/c19-18(20,21)12-3-4-13(24-9-12)5-6-23-17-27-15(26-16(22)28-17)10-1-2-11-8-25-29-14(11)7-10/h3-4,9-11,14,25,29H,1-2,5-8H2,(H3,22,23,26,27,28). The molecule has 3 heterocycles. The van der Waals surface area contributed by atoms with Crippen LogP contribution in [0.2, 0.25) is 0 Å². The lowest BCUT2D eigenvalue weighted by Crippen LogP contribution is -2.36. The van der Waals surface area contributed by atoms with Gasteiger partial charge in [-0.1, -0.05) is 0 Å². The third-order valence-electron chi connectivity index (χ3n) is 5.50. The maximum absolute atomic E-state index is 12.6. The van der Waals surface area contributed by atoms with Crippen LogP contribution in [0.3, 0.4) is 0 Å². The van der Waals surface area contributed by atoms with Crippen LogP contribution in [-0.2, 0) is 12.6 Å². The number of hydrogen-bond donors (Lipinski definition) is 4. The number of hydrogen-bond acceptors (Lipinski definition) is 8. The highest BCUT2D eigenvalue weighted by Crippen LogP contribution is 2.36. The minimum absolute atomic E-state index is 0.157. The summed E-state index contributed by atoms with van der Waals surface area (Å²) in [7, 11) is 0. The second-order valence-electron chi connectivity index (χ2n) is 7.49. The highest BCUT2D eigenvalue weighted by atomic mass is 19.4. The number of nitrogens with one attached hydrogen (secondary N) is 3. The Bertz CT molecular complexity index is 842. The molecule has 1 aliphatic carbocycles. The molecule has 4 rings (SSSR count). The highest BCUT2D eigenvalue weighted by molar-refractivity contribution is 5.32. The first-order chi connectivity index (χ1) is 13.9. The summed E-state index contributed by atoms with van der Waals surface area (Å²) < 4.78 is 37.8. The first-order valence-corrected chi connectivity index (χ1v) is 9.64. The molecule has 29 heavy (non-hydrogen) atoms. The molecule has 1 aliphatic heterocycles. The fourth-order valence-electron chi connectivity index (χ4n) is 3.92. The Morgan fingerprint density at radius 2 is 2.03 bits per heavy atom. The van der Waals surface area contributed by atoms with E-state index in [1.165, 1.54) is 6.07 Å². The minimum atomic E-state index is -4.38. The van der Waals surface area contributed by atoms with Gasteiger partial charge in [0.25, 0.3) is 0 Å². The molecule has 3 atom stereocenters. The summed E-state index contributed by atoms with van der Waals surface area (Å²) >= 11 is 0. The van der Waals surface area contributed by atoms with Crippen molar-refractivity contribution in [1.29, 1.82) is 0 Å². The van der Waals surface area contributed by atoms with Gasteiger partial charge in [-0.25, -0.2) is 0 Å². The molecule has 0 radical (unpaired) electrons. The number of anilines is 2. The van der Waals surface area contributed by atoms with Gasteiger partial charge in [0, 0.05) is 43.4 Å². The van der Waals surface area contributed by atoms with Gasteiger partial charge in [-0.05, 0) is 37.3 Å². The molecule has 1 saturated carbocycles. The van der Waals surface area contributed by atoms with E-state index < -0.39 is 11.7 Å². The zero-order valence-corrected chi connectivity index (χ0v) is 15.7. The van der Waals surface area contributed by atoms with Gasteiger partial charge in [0.15, 0.2) is 0 Å². The summed E-state index contributed by atoms with van der Waals surface area (Å²) in [6.07, 6.45) is -0.0630. The Hall–Kier alpha value is -2.53. The van der Waals surface area contributed by atoms with Crippen molar-refractivity contribution in [3.05, 3.63) is 35.4 Å². The number of fused-ring (bicyclic) bond motifs is 1. The number of halogens is 3. The largest absolute Gasteiger partial charge is 0.417 e. The molecule has 0 amide bonds. The molecular formula is C18H23F3N8. The zero-order valence-electron chi connectivity index (χ0n) is 15.7. The van der Waals surface area contributed by atoms with E-state index in [0.717, 1.165) is 38.1 Å². The SMILES string of the molecule is Nc1nc(NCCc2ccc(C(F)(F)F)cn2)nc(C2CCC3CNNC3C2)n1. The third kappa shape index (κ3) is 4.73. The van der Waals surface area contributed by atoms with Gasteiger partial charge in [-0.15, -0.1) is 0 Å². The zero-order chi connectivity index (χ0) is 20.4. The number of nitrogens with zero attached hydrogens (tertiary/aromatic N) is 4. The third-order valence-corrected chi connectivity index (χ3v) is 5.50. The van der Waals surface area contributed by atoms with E-state index in [1.54, 1.807) is 0 Å². The van der Waals surface area contributed by atoms with E-state index in [4.69, 9.17) is 5.73 Å². The van der Waals surface area contributed by atoms with Crippen LogP contribution in [-0.4, -0.2) is 39.1 Å². The number of aromatic nitrogens is 4. The first-order valence-electron chi connectivity index (χ1n) is 9.64. The van der Waals surface area contributed by atoms with Crippen molar-refractivity contribution in [3.63, 3.8) is 0 Å². The van der Waals surface area contributed by atoms with Crippen molar-refractivity contribution >= 4 is 11.9 Å². The van der Waals surface area contributed by atoms with Crippen LogP contribution >= 0.6 is 0 Å². The Morgan fingerprint density at radius 3 is 2.79 bits per heavy atom. The maximum atomic E-state index is 12.6. The molecule has 156 valence electrons. The Kier molecular flexibility index (Phi) is 5.50. The molecule has 0 aromatic carbocycles. The molecular weight excluding hydrogens is 385 g/mol. The van der Waals surface area contributed by atoms with Gasteiger partial charge >= 0.3 is 6.18 Å². The number of pyridine rings is 1. The molecule has 1 saturated heterocycles. The normalized spacial score (nSPS) is 24.3. The van der Waals surface area contributed by atoms with Gasteiger partial charge in [0.05, 0.1) is 5.56 Å². The molecule has 3 unspecified atom stereocenters. The second kappa shape index (κ2) is 8.07. The summed E-state index contributed by atoms with van der Waals surface area (Å²) in [4.78, 5) is 16.8. The monoisotopic (exact) mass is 408 g/mol. The lowest BCUT2D eigenvalue weighted by Gasteiger charge is -2.29. The lowest BCUT2D eigenvalue weighted by molar-refractivity contribution is -0.137. The van der Waals surface area contributed by atoms with Crippen LogP contribution in [0.5, 0.6) is 0 Å². The number of alkyl halides is 3. The number of hydrazine groups is 1. The van der Waals surface area contributed by atoms with Crippen LogP contribution < -0.4 is 21.9 Å². The fraction of sp³-hybridized carbons (Fsp3) is 0.556. The molecule has 2 aliphatic rings. The van der Waals surface area contributed by atoms with Crippen LogP contribution in [0, 0.1) is 5.92 Å². The quantitative estimate of drug-likeness (QED) is 0.593. The molecule has 0 bridgehead atoms. The Morgan fingerprint density at radius 1 is 1.17 bits per heavy atom. The van der Waals surface area contributed by atoms with Crippen LogP contribution in [0.1, 0.15) is 42.3 Å². The van der Waals surface area contributed by atoms with Gasteiger partial charge in [-0.2, -0.15) is 28.1 Å². The number of nitrogen functional groups attached to an aromatic ring is 1. The minimum Gasteiger partial charge on any atom is -0.368 e. The van der Waals surface area contributed by atoms with Crippen molar-refractivity contribution in [3.8, 4) is 0 Å². The van der Waals surface area contributed by atoms with Crippen LogP contribution in [0.4, 0.5) is 25.1 Å². The molecule has 11 heteroatoms. The van der Waals surface area contributed by atoms with E-state index in [9.17, 15) is 13.2 Å². The summed E-state index contributed by atoms with van der Waals surface area (Å²) in [6, 6.07) is 2.82. The Balaban J connectivity index is 1.35. The molecule has 2 aromatic heterocycles. The predicted octanol–water partition coefficient (Wildman–Crippen LogP) is 1.88. The van der Waals surface area contributed by atoms with Crippen molar-refractivity contribution < 1.29 is 13.2 Å². The number of nitrogens with two attached hydrogens (primary N) is 1. The molecule has 8 nitrogen and oxygen atoms in total. The second-order valence-corrected chi connectivity index (χ2v) is 7.49. The molecule has 2 aromatic rings. The summed E-state index contributed by atoms with van der Waals surface area (Å²) in [5.41, 5.74) is 12.2. The summed E-state index contributed by atoms with van der Waals surface area (Å²) in [6.45, 7) is 1.41. The van der Waals surface area contributed by atoms with E-state index in [2.05, 4.69) is 36.1 Å². The van der Waals surface area contributed by atoms with Gasteiger partial charge in [-0.3, -0.25) is 15.8 Å². The molecule has 2 fully saturated rings. The summed E-state index contributed by atoms with van der Waals surface area (Å²) in [5, 5.41) is 3.07. The van der Waals surface area contributed by atoms with E-state index >= 15 is 0 Å². The molecule has 5 N–H and O–H groups in total. The predicted molar refractivity (Wildman–Crippen MR) is 101 cm³/mol. The molecule has 0 spiro atoms. The maximum Gasteiger partial charge on any atom is 0.417 e. The highest BCUT2D eigenvalue weighted by Gasteiger charge is 2.35. The van der Waals surface area contributed by atoms with Crippen molar-refractivity contribution in [2.24, 2.45) is 5.92 Å². The van der Waals surface area contributed by atoms with Gasteiger partial charge in [0.1, 0.15) is 5.82 Å². The van der Waals surface area contributed by atoms with E-state index in [1.807, 2.05) is 0 Å². The lowest BCUT2D eigenvalue weighted by atomic mass is 9.79.